The Balaban J connectivity index is 1.49. The molecule has 3 aromatic rings. The van der Waals surface area contributed by atoms with Gasteiger partial charge in [0.15, 0.2) is 5.82 Å². The van der Waals surface area contributed by atoms with Crippen molar-refractivity contribution < 1.29 is 13.8 Å². The van der Waals surface area contributed by atoms with Crippen molar-refractivity contribution in [3.8, 4) is 11.4 Å². The van der Waals surface area contributed by atoms with Gasteiger partial charge in [0.1, 0.15) is 5.76 Å². The first-order valence-corrected chi connectivity index (χ1v) is 8.53. The van der Waals surface area contributed by atoms with Crippen molar-refractivity contribution in [2.75, 3.05) is 11.1 Å². The molecule has 0 spiro atoms. The summed E-state index contributed by atoms with van der Waals surface area (Å²) in [7, 11) is 0. The van der Waals surface area contributed by atoms with E-state index >= 15 is 0 Å². The van der Waals surface area contributed by atoms with E-state index in [9.17, 15) is 4.79 Å². The summed E-state index contributed by atoms with van der Waals surface area (Å²) in [5.74, 6) is 2.44. The van der Waals surface area contributed by atoms with Gasteiger partial charge in [-0.3, -0.25) is 4.79 Å². The number of nitrogens with one attached hydrogen (secondary N) is 1. The van der Waals surface area contributed by atoms with Crippen LogP contribution >= 0.6 is 23.4 Å². The molecule has 0 saturated heterocycles. The fourth-order valence-corrected chi connectivity index (χ4v) is 2.74. The van der Waals surface area contributed by atoms with Gasteiger partial charge in [-0.2, -0.15) is 4.98 Å². The van der Waals surface area contributed by atoms with Crippen molar-refractivity contribution in [2.45, 2.75) is 12.7 Å². The van der Waals surface area contributed by atoms with Crippen LogP contribution in [0.25, 0.3) is 11.4 Å². The van der Waals surface area contributed by atoms with Gasteiger partial charge in [-0.15, -0.1) is 11.8 Å². The zero-order chi connectivity index (χ0) is 16.9. The molecule has 2 heterocycles. The zero-order valence-electron chi connectivity index (χ0n) is 12.7. The maximum absolute atomic E-state index is 11.8. The quantitative estimate of drug-likeness (QED) is 0.714. The minimum absolute atomic E-state index is 0.178. The normalized spacial score (nSPS) is 10.8. The second-order valence-electron chi connectivity index (χ2n) is 4.89. The lowest BCUT2D eigenvalue weighted by Crippen LogP contribution is -2.14. The minimum Gasteiger partial charge on any atom is -0.360 e. The number of hydrogen-bond donors (Lipinski definition) is 1. The smallest absolute Gasteiger partial charge is 0.236 e. The highest BCUT2D eigenvalue weighted by Gasteiger charge is 2.11. The number of carbonyl (C=O) groups is 1. The van der Waals surface area contributed by atoms with Crippen LogP contribution in [0.4, 0.5) is 5.82 Å². The number of thioether (sulfide) groups is 1. The predicted octanol–water partition coefficient (Wildman–Crippen LogP) is 3.56. The van der Waals surface area contributed by atoms with Gasteiger partial charge < -0.3 is 14.4 Å². The first-order chi connectivity index (χ1) is 11.6. The molecule has 24 heavy (non-hydrogen) atoms. The molecule has 0 aliphatic heterocycles. The summed E-state index contributed by atoms with van der Waals surface area (Å²) in [5, 5.41) is 10.9. The van der Waals surface area contributed by atoms with Crippen LogP contribution in [0.15, 0.2) is 39.4 Å². The number of aryl methyl sites for hydroxylation is 1. The molecule has 0 atom stereocenters. The molecule has 3 rings (SSSR count). The third kappa shape index (κ3) is 4.36. The van der Waals surface area contributed by atoms with Gasteiger partial charge in [0, 0.05) is 16.7 Å². The fourth-order valence-electron chi connectivity index (χ4n) is 1.89. The Morgan fingerprint density at radius 3 is 2.92 bits per heavy atom. The van der Waals surface area contributed by atoms with E-state index in [1.54, 1.807) is 25.1 Å². The third-order valence-corrected chi connectivity index (χ3v) is 4.06. The lowest BCUT2D eigenvalue weighted by molar-refractivity contribution is -0.113. The minimum atomic E-state index is -0.178. The number of benzene rings is 1. The summed E-state index contributed by atoms with van der Waals surface area (Å²) in [5.41, 5.74) is 0.779. The van der Waals surface area contributed by atoms with E-state index < -0.39 is 0 Å². The Kier molecular flexibility index (Phi) is 5.17. The maximum atomic E-state index is 11.8. The number of halogens is 1. The first-order valence-electron chi connectivity index (χ1n) is 6.99. The van der Waals surface area contributed by atoms with Gasteiger partial charge >= 0.3 is 0 Å². The Hall–Kier alpha value is -2.32. The molecule has 0 unspecified atom stereocenters. The maximum Gasteiger partial charge on any atom is 0.236 e. The van der Waals surface area contributed by atoms with Crippen LogP contribution in [-0.4, -0.2) is 27.0 Å². The molecular weight excluding hydrogens is 352 g/mol. The number of rotatable bonds is 6. The van der Waals surface area contributed by atoms with Crippen LogP contribution in [0, 0.1) is 6.92 Å². The van der Waals surface area contributed by atoms with Crippen molar-refractivity contribution in [3.63, 3.8) is 0 Å². The van der Waals surface area contributed by atoms with E-state index in [1.165, 1.54) is 11.8 Å². The van der Waals surface area contributed by atoms with E-state index in [-0.39, 0.29) is 11.7 Å². The van der Waals surface area contributed by atoms with Gasteiger partial charge in [-0.05, 0) is 19.1 Å². The molecule has 0 aliphatic rings. The van der Waals surface area contributed by atoms with Gasteiger partial charge in [-0.25, -0.2) is 0 Å². The third-order valence-electron chi connectivity index (χ3n) is 2.91. The molecule has 1 amide bonds. The number of anilines is 1. The second kappa shape index (κ2) is 7.50. The standard InChI is InChI=1S/C15H13ClN4O3S/c1-9-5-12(19-22-9)17-13(21)7-24-8-14-18-15(20-23-14)10-3-2-4-11(16)6-10/h2-6H,7-8H2,1H3,(H,17,19,21). The highest BCUT2D eigenvalue weighted by Crippen LogP contribution is 2.21. The number of aromatic nitrogens is 3. The molecule has 1 N–H and O–H groups in total. The van der Waals surface area contributed by atoms with Gasteiger partial charge in [0.05, 0.1) is 11.5 Å². The highest BCUT2D eigenvalue weighted by atomic mass is 35.5. The molecule has 0 aliphatic carbocycles. The topological polar surface area (TPSA) is 94.1 Å². The van der Waals surface area contributed by atoms with Crippen LogP contribution in [0.2, 0.25) is 5.02 Å². The molecule has 9 heteroatoms. The van der Waals surface area contributed by atoms with E-state index in [0.717, 1.165) is 5.56 Å². The van der Waals surface area contributed by atoms with Crippen LogP contribution in [0.5, 0.6) is 0 Å². The van der Waals surface area contributed by atoms with E-state index in [1.807, 2.05) is 12.1 Å². The summed E-state index contributed by atoms with van der Waals surface area (Å²) < 4.78 is 10.1. The van der Waals surface area contributed by atoms with Gasteiger partial charge in [0.25, 0.3) is 0 Å². The fraction of sp³-hybridized carbons (Fsp3) is 0.200. The number of carbonyl (C=O) groups excluding carboxylic acids is 1. The van der Waals surface area contributed by atoms with Crippen molar-refractivity contribution in [1.29, 1.82) is 0 Å². The zero-order valence-corrected chi connectivity index (χ0v) is 14.2. The molecule has 7 nitrogen and oxygen atoms in total. The largest absolute Gasteiger partial charge is 0.360 e. The molecular formula is C15H13ClN4O3S. The number of amides is 1. The van der Waals surface area contributed by atoms with Crippen LogP contribution < -0.4 is 5.32 Å². The lowest BCUT2D eigenvalue weighted by atomic mass is 10.2. The summed E-state index contributed by atoms with van der Waals surface area (Å²) in [6, 6.07) is 8.85. The van der Waals surface area contributed by atoms with E-state index in [2.05, 4.69) is 20.6 Å². The Morgan fingerprint density at radius 1 is 1.29 bits per heavy atom. The summed E-state index contributed by atoms with van der Waals surface area (Å²) in [6.45, 7) is 1.75. The molecule has 124 valence electrons. The molecule has 0 bridgehead atoms. The highest BCUT2D eigenvalue weighted by molar-refractivity contribution is 7.99. The van der Waals surface area contributed by atoms with Crippen LogP contribution in [0.3, 0.4) is 0 Å². The first kappa shape index (κ1) is 16.5. The molecule has 0 saturated carbocycles. The summed E-state index contributed by atoms with van der Waals surface area (Å²) in [4.78, 5) is 16.1. The second-order valence-corrected chi connectivity index (χ2v) is 6.31. The van der Waals surface area contributed by atoms with Crippen LogP contribution in [0.1, 0.15) is 11.7 Å². The van der Waals surface area contributed by atoms with Crippen molar-refractivity contribution >= 4 is 35.1 Å². The van der Waals surface area contributed by atoms with Crippen molar-refractivity contribution in [1.82, 2.24) is 15.3 Å². The van der Waals surface area contributed by atoms with Gasteiger partial charge in [-0.1, -0.05) is 34.0 Å². The summed E-state index contributed by atoms with van der Waals surface area (Å²) in [6.07, 6.45) is 0. The van der Waals surface area contributed by atoms with Crippen molar-refractivity contribution in [2.24, 2.45) is 0 Å². The Morgan fingerprint density at radius 2 is 2.17 bits per heavy atom. The molecule has 0 radical (unpaired) electrons. The number of nitrogens with zero attached hydrogens (tertiary/aromatic N) is 3. The average Bonchev–Trinajstić information content (AvgIpc) is 3.17. The Labute approximate surface area is 146 Å². The van der Waals surface area contributed by atoms with Crippen LogP contribution in [-0.2, 0) is 10.5 Å². The monoisotopic (exact) mass is 364 g/mol. The van der Waals surface area contributed by atoms with Crippen molar-refractivity contribution in [3.05, 3.63) is 47.0 Å². The molecule has 2 aromatic heterocycles. The predicted molar refractivity (Wildman–Crippen MR) is 90.8 cm³/mol. The summed E-state index contributed by atoms with van der Waals surface area (Å²) >= 11 is 7.30. The van der Waals surface area contributed by atoms with E-state index in [0.29, 0.717) is 34.1 Å². The molecule has 0 fully saturated rings. The molecule has 1 aromatic carbocycles. The Bertz CT molecular complexity index is 849. The lowest BCUT2D eigenvalue weighted by Gasteiger charge is -1.99. The van der Waals surface area contributed by atoms with Gasteiger partial charge in [0.2, 0.25) is 17.6 Å². The van der Waals surface area contributed by atoms with E-state index in [4.69, 9.17) is 20.6 Å². The number of hydrogen-bond acceptors (Lipinski definition) is 7. The average molecular weight is 365 g/mol. The SMILES string of the molecule is Cc1cc(NC(=O)CSCc2nc(-c3cccc(Cl)c3)no2)no1.